The molecule has 1 fully saturated rings. The first-order chi connectivity index (χ1) is 28.6. The lowest BCUT2D eigenvalue weighted by Gasteiger charge is -2.39. The van der Waals surface area contributed by atoms with Crippen molar-refractivity contribution < 1.29 is 42.4 Å². The highest BCUT2D eigenvalue weighted by molar-refractivity contribution is 7.98. The van der Waals surface area contributed by atoms with E-state index in [0.717, 1.165) is 18.2 Å². The number of halogens is 5. The van der Waals surface area contributed by atoms with Crippen molar-refractivity contribution in [2.75, 3.05) is 33.3 Å². The summed E-state index contributed by atoms with van der Waals surface area (Å²) in [6, 6.07) is 11.1. The number of amides is 1. The lowest BCUT2D eigenvalue weighted by molar-refractivity contribution is -0.137. The summed E-state index contributed by atoms with van der Waals surface area (Å²) in [5.74, 6) is -4.06. The fraction of sp³-hybridized carbons (Fsp3) is 0.317. The summed E-state index contributed by atoms with van der Waals surface area (Å²) in [7, 11) is 1.24. The molecule has 1 amide bonds. The molecule has 1 aliphatic heterocycles. The first-order valence-electron chi connectivity index (χ1n) is 20.6. The summed E-state index contributed by atoms with van der Waals surface area (Å²) in [6.07, 6.45) is -4.06. The highest BCUT2D eigenvalue weighted by Crippen LogP contribution is 2.32. The van der Waals surface area contributed by atoms with E-state index < -0.39 is 99.7 Å². The molecule has 0 aliphatic carbocycles. The maximum Gasteiger partial charge on any atom is 0.416 e. The van der Waals surface area contributed by atoms with Crippen molar-refractivity contribution in [2.24, 2.45) is 0 Å². The monoisotopic (exact) mass is 757 g/mol. The normalized spacial score (nSPS) is 16.9. The van der Waals surface area contributed by atoms with Gasteiger partial charge >= 0.3 is 6.18 Å². The van der Waals surface area contributed by atoms with Gasteiger partial charge in [-0.3, -0.25) is 9.59 Å². The molecule has 0 unspecified atom stereocenters. The third kappa shape index (κ3) is 9.17. The van der Waals surface area contributed by atoms with Gasteiger partial charge in [-0.05, 0) is 66.7 Å². The van der Waals surface area contributed by atoms with Gasteiger partial charge in [0.05, 0.1) is 33.6 Å². The number of carbonyl (C=O) groups excluding carboxylic acids is 1. The van der Waals surface area contributed by atoms with E-state index in [0.29, 0.717) is 33.0 Å². The van der Waals surface area contributed by atoms with Crippen molar-refractivity contribution in [1.82, 2.24) is 14.4 Å². The van der Waals surface area contributed by atoms with E-state index in [4.69, 9.17) is 13.0 Å². The molecular weight excluding hydrogens is 710 g/mol. The first kappa shape index (κ1) is 28.9. The molecular formula is C41H40F5N3O3S. The molecule has 1 saturated heterocycles. The minimum Gasteiger partial charge on any atom is -0.383 e. The maximum absolute atomic E-state index is 15.1. The topological polar surface area (TPSA) is 54.8 Å². The molecule has 5 aromatic rings. The van der Waals surface area contributed by atoms with Gasteiger partial charge in [0.25, 0.3) is 0 Å². The predicted octanol–water partition coefficient (Wildman–Crippen LogP) is 8.71. The van der Waals surface area contributed by atoms with E-state index >= 15 is 4.79 Å². The average molecular weight is 758 g/mol. The van der Waals surface area contributed by atoms with Crippen LogP contribution in [-0.2, 0) is 34.5 Å². The average Bonchev–Trinajstić information content (AvgIpc) is 3.22. The molecule has 0 saturated carbocycles. The first-order valence-corrected chi connectivity index (χ1v) is 17.6. The lowest BCUT2D eigenvalue weighted by Crippen LogP contribution is -2.48. The van der Waals surface area contributed by atoms with Gasteiger partial charge in [-0.25, -0.2) is 8.78 Å². The highest BCUT2D eigenvalue weighted by Gasteiger charge is 2.31. The second-order valence-corrected chi connectivity index (χ2v) is 13.5. The maximum atomic E-state index is 15.1. The van der Waals surface area contributed by atoms with Crippen LogP contribution >= 0.6 is 11.8 Å². The summed E-state index contributed by atoms with van der Waals surface area (Å²) in [5.41, 5.74) is -1.30. The number of benzene rings is 4. The highest BCUT2D eigenvalue weighted by atomic mass is 32.2. The Bertz CT molecular complexity index is 2520. The van der Waals surface area contributed by atoms with E-state index in [2.05, 4.69) is 0 Å². The van der Waals surface area contributed by atoms with Crippen molar-refractivity contribution >= 4 is 28.6 Å². The summed E-state index contributed by atoms with van der Waals surface area (Å²) >= 11 is 0.544. The zero-order valence-corrected chi connectivity index (χ0v) is 29.6. The number of likely N-dealkylation sites (tertiary alicyclic amines) is 1. The van der Waals surface area contributed by atoms with Gasteiger partial charge in [0.2, 0.25) is 5.91 Å². The number of ether oxygens (including phenoxy) is 1. The van der Waals surface area contributed by atoms with Crippen LogP contribution in [-0.4, -0.2) is 59.6 Å². The van der Waals surface area contributed by atoms with Crippen LogP contribution in [0, 0.1) is 18.6 Å². The largest absolute Gasteiger partial charge is 0.416 e. The fourth-order valence-corrected chi connectivity index (χ4v) is 7.02. The third-order valence-corrected chi connectivity index (χ3v) is 9.95. The van der Waals surface area contributed by atoms with E-state index in [-0.39, 0.29) is 50.1 Å². The fourth-order valence-electron chi connectivity index (χ4n) is 6.08. The van der Waals surface area contributed by atoms with Crippen molar-refractivity contribution in [2.45, 2.75) is 55.8 Å². The van der Waals surface area contributed by atoms with E-state index in [1.807, 2.05) is 0 Å². The Morgan fingerprint density at radius 1 is 1.00 bits per heavy atom. The number of hydrogen-bond donors (Lipinski definition) is 0. The van der Waals surface area contributed by atoms with Gasteiger partial charge in [-0.15, -0.1) is 11.8 Å². The van der Waals surface area contributed by atoms with Crippen LogP contribution in [0.2, 0.25) is 0 Å². The summed E-state index contributed by atoms with van der Waals surface area (Å²) in [6.45, 7) is -3.69. The number of hydrogen-bond acceptors (Lipinski definition) is 5. The SMILES string of the molecule is [2H]c1c(C)c([2H])c2c(=O)c([2H])c(SCc3cccc(F)c3F)n(C([2H])([2H])C(=O)N(Cc3ccc(-c4ccc(C(F)(F)F)cc4)cc3)C3CCN(CC([2H])([2H])OC)CC3)c2c1[2H]. The van der Waals surface area contributed by atoms with Crippen LogP contribution in [0.5, 0.6) is 0 Å². The quantitative estimate of drug-likeness (QED) is 0.0942. The van der Waals surface area contributed by atoms with Gasteiger partial charge < -0.3 is 19.1 Å². The Hall–Kier alpha value is -4.52. The van der Waals surface area contributed by atoms with Crippen LogP contribution in [0.3, 0.4) is 0 Å². The van der Waals surface area contributed by atoms with Crippen LogP contribution in [0.1, 0.15) is 46.1 Å². The van der Waals surface area contributed by atoms with Crippen molar-refractivity contribution in [3.8, 4) is 11.1 Å². The Labute approximate surface area is 320 Å². The molecule has 1 aliphatic rings. The van der Waals surface area contributed by atoms with Gasteiger partial charge in [-0.2, -0.15) is 13.2 Å². The van der Waals surface area contributed by atoms with E-state index in [1.165, 1.54) is 43.2 Å². The zero-order chi connectivity index (χ0) is 44.8. The van der Waals surface area contributed by atoms with Crippen molar-refractivity contribution in [3.63, 3.8) is 0 Å². The number of rotatable bonds is 12. The van der Waals surface area contributed by atoms with E-state index in [1.54, 1.807) is 29.2 Å². The van der Waals surface area contributed by atoms with Crippen molar-refractivity contribution in [3.05, 3.63) is 135 Å². The summed E-state index contributed by atoms with van der Waals surface area (Å²) < 4.78 is 145. The molecule has 2 heterocycles. The lowest BCUT2D eigenvalue weighted by atomic mass is 10.00. The number of carbonyl (C=O) groups is 1. The minimum absolute atomic E-state index is 0.0881. The molecule has 0 atom stereocenters. The molecule has 0 N–H and O–H groups in total. The number of pyridine rings is 1. The van der Waals surface area contributed by atoms with Crippen LogP contribution in [0.25, 0.3) is 22.0 Å². The number of alkyl halides is 3. The minimum atomic E-state index is -4.52. The number of methoxy groups -OCH3 is 1. The molecule has 53 heavy (non-hydrogen) atoms. The molecule has 0 radical (unpaired) electrons. The molecule has 6 nitrogen and oxygen atoms in total. The van der Waals surface area contributed by atoms with Gasteiger partial charge in [0.1, 0.15) is 6.50 Å². The second-order valence-electron chi connectivity index (χ2n) is 12.5. The molecule has 12 heteroatoms. The molecule has 0 bridgehead atoms. The predicted molar refractivity (Wildman–Crippen MR) is 198 cm³/mol. The van der Waals surface area contributed by atoms with Gasteiger partial charge in [-0.1, -0.05) is 60.1 Å². The standard InChI is InChI=1S/C41H40F5N3O3S/c1-27-6-15-36-34(22-27)37(50)23-39(53-26-31-4-3-5-35(42)40(31)43)49(36)25-38(51)48(33-16-18-47(19-17-33)20-21-52-2)24-28-7-9-29(10-8-28)30-11-13-32(14-12-30)41(44,45)46/h3-15,22-23,33H,16-21,24-26H2,1-2H3/i6D,15D,21D2,22D,23D,25D2. The number of piperidine rings is 1. The molecule has 4 aromatic carbocycles. The van der Waals surface area contributed by atoms with Crippen molar-refractivity contribution in [1.29, 1.82) is 0 Å². The Morgan fingerprint density at radius 3 is 2.34 bits per heavy atom. The van der Waals surface area contributed by atoms with Crippen LogP contribution in [0.15, 0.2) is 101 Å². The molecule has 1 aromatic heterocycles. The second kappa shape index (κ2) is 16.7. The molecule has 0 spiro atoms. The third-order valence-electron chi connectivity index (χ3n) is 8.94. The van der Waals surface area contributed by atoms with Gasteiger partial charge in [0.15, 0.2) is 17.1 Å². The Balaban J connectivity index is 1.46. The Kier molecular flexibility index (Phi) is 9.09. The Morgan fingerprint density at radius 2 is 1.68 bits per heavy atom. The number of nitrogens with zero attached hydrogens (tertiary/aromatic N) is 3. The summed E-state index contributed by atoms with van der Waals surface area (Å²) in [4.78, 5) is 31.9. The van der Waals surface area contributed by atoms with E-state index in [9.17, 15) is 29.5 Å². The molecule has 6 rings (SSSR count). The smallest absolute Gasteiger partial charge is 0.383 e. The number of aromatic nitrogens is 1. The molecule has 278 valence electrons. The number of thioether (sulfide) groups is 1. The van der Waals surface area contributed by atoms with Crippen LogP contribution in [0.4, 0.5) is 22.0 Å². The summed E-state index contributed by atoms with van der Waals surface area (Å²) in [5, 5.41) is -1.11. The van der Waals surface area contributed by atoms with Crippen LogP contribution < -0.4 is 5.43 Å². The number of fused-ring (bicyclic) bond motifs is 1. The zero-order valence-electron chi connectivity index (χ0n) is 36.7. The van der Waals surface area contributed by atoms with Gasteiger partial charge in [0, 0.05) is 62.1 Å².